The Balaban J connectivity index is 1.76. The van der Waals surface area contributed by atoms with Crippen molar-refractivity contribution in [3.05, 3.63) is 59.2 Å². The Morgan fingerprint density at radius 2 is 1.78 bits per heavy atom. The Hall–Kier alpha value is -2.49. The summed E-state index contributed by atoms with van der Waals surface area (Å²) in [5, 5.41) is 5.64. The SMILES string of the molecule is CCc1ccccc1OCCNC(=O)Nc1cc(C)cc(C)c1. The van der Waals surface area contributed by atoms with Gasteiger partial charge in [-0.25, -0.2) is 4.79 Å². The zero-order valence-electron chi connectivity index (χ0n) is 14.0. The number of anilines is 1. The number of aryl methyl sites for hydroxylation is 3. The number of rotatable bonds is 6. The fraction of sp³-hybridized carbons (Fsp3) is 0.316. The molecule has 0 aromatic heterocycles. The fourth-order valence-corrected chi connectivity index (χ4v) is 2.48. The minimum atomic E-state index is -0.220. The van der Waals surface area contributed by atoms with Crippen molar-refractivity contribution >= 4 is 11.7 Å². The number of carbonyl (C=O) groups is 1. The highest BCUT2D eigenvalue weighted by molar-refractivity contribution is 5.89. The Bertz CT molecular complexity index is 648. The lowest BCUT2D eigenvalue weighted by Gasteiger charge is -2.12. The van der Waals surface area contributed by atoms with Crippen molar-refractivity contribution in [3.8, 4) is 5.75 Å². The number of carbonyl (C=O) groups excluding carboxylic acids is 1. The van der Waals surface area contributed by atoms with Gasteiger partial charge in [0.15, 0.2) is 0 Å². The zero-order valence-corrected chi connectivity index (χ0v) is 14.0. The molecule has 2 aromatic rings. The van der Waals surface area contributed by atoms with Gasteiger partial charge in [-0.05, 0) is 55.2 Å². The Kier molecular flexibility index (Phi) is 6.03. The molecule has 2 aromatic carbocycles. The molecule has 0 radical (unpaired) electrons. The van der Waals surface area contributed by atoms with E-state index < -0.39 is 0 Å². The molecule has 0 saturated carbocycles. The normalized spacial score (nSPS) is 10.2. The highest BCUT2D eigenvalue weighted by Crippen LogP contribution is 2.18. The summed E-state index contributed by atoms with van der Waals surface area (Å²) in [7, 11) is 0. The average molecular weight is 312 g/mol. The van der Waals surface area contributed by atoms with Crippen LogP contribution in [0.2, 0.25) is 0 Å². The fourth-order valence-electron chi connectivity index (χ4n) is 2.48. The maximum absolute atomic E-state index is 11.9. The molecule has 4 nitrogen and oxygen atoms in total. The summed E-state index contributed by atoms with van der Waals surface area (Å²) >= 11 is 0. The predicted molar refractivity (Wildman–Crippen MR) is 94.3 cm³/mol. The number of para-hydroxylation sites is 1. The van der Waals surface area contributed by atoms with Gasteiger partial charge in [0.2, 0.25) is 0 Å². The minimum Gasteiger partial charge on any atom is -0.491 e. The van der Waals surface area contributed by atoms with Crippen molar-refractivity contribution in [2.75, 3.05) is 18.5 Å². The first-order valence-corrected chi connectivity index (χ1v) is 7.92. The van der Waals surface area contributed by atoms with Crippen LogP contribution in [-0.2, 0) is 6.42 Å². The highest BCUT2D eigenvalue weighted by atomic mass is 16.5. The van der Waals surface area contributed by atoms with E-state index in [4.69, 9.17) is 4.74 Å². The van der Waals surface area contributed by atoms with Gasteiger partial charge in [0.25, 0.3) is 0 Å². The summed E-state index contributed by atoms with van der Waals surface area (Å²) < 4.78 is 5.72. The molecule has 2 rings (SSSR count). The number of hydrogen-bond donors (Lipinski definition) is 2. The van der Waals surface area contributed by atoms with E-state index in [-0.39, 0.29) is 6.03 Å². The molecule has 0 saturated heterocycles. The van der Waals surface area contributed by atoms with E-state index in [1.165, 1.54) is 5.56 Å². The first-order valence-electron chi connectivity index (χ1n) is 7.92. The molecule has 0 atom stereocenters. The maximum atomic E-state index is 11.9. The van der Waals surface area contributed by atoms with Crippen LogP contribution >= 0.6 is 0 Å². The Morgan fingerprint density at radius 3 is 2.48 bits per heavy atom. The molecular weight excluding hydrogens is 288 g/mol. The molecule has 0 spiro atoms. The molecule has 4 heteroatoms. The monoisotopic (exact) mass is 312 g/mol. The molecule has 0 fully saturated rings. The lowest BCUT2D eigenvalue weighted by molar-refractivity contribution is 0.247. The van der Waals surface area contributed by atoms with Crippen molar-refractivity contribution in [2.45, 2.75) is 27.2 Å². The Labute approximate surface area is 137 Å². The van der Waals surface area contributed by atoms with E-state index in [1.807, 2.05) is 44.2 Å². The molecular formula is C19H24N2O2. The minimum absolute atomic E-state index is 0.220. The van der Waals surface area contributed by atoms with E-state index in [0.717, 1.165) is 29.0 Å². The lowest BCUT2D eigenvalue weighted by atomic mass is 10.1. The van der Waals surface area contributed by atoms with E-state index in [1.54, 1.807) is 0 Å². The maximum Gasteiger partial charge on any atom is 0.319 e. The van der Waals surface area contributed by atoms with Crippen LogP contribution in [0.3, 0.4) is 0 Å². The van der Waals surface area contributed by atoms with E-state index in [0.29, 0.717) is 13.2 Å². The molecule has 23 heavy (non-hydrogen) atoms. The molecule has 2 amide bonds. The lowest BCUT2D eigenvalue weighted by Crippen LogP contribution is -2.32. The van der Waals surface area contributed by atoms with Crippen LogP contribution in [0.15, 0.2) is 42.5 Å². The van der Waals surface area contributed by atoms with Gasteiger partial charge in [0, 0.05) is 5.69 Å². The zero-order chi connectivity index (χ0) is 16.7. The van der Waals surface area contributed by atoms with Crippen LogP contribution < -0.4 is 15.4 Å². The third-order valence-corrected chi connectivity index (χ3v) is 3.48. The van der Waals surface area contributed by atoms with Crippen LogP contribution in [0, 0.1) is 13.8 Å². The smallest absolute Gasteiger partial charge is 0.319 e. The first kappa shape index (κ1) is 16.9. The van der Waals surface area contributed by atoms with Crippen LogP contribution in [0.25, 0.3) is 0 Å². The van der Waals surface area contributed by atoms with Crippen LogP contribution in [0.5, 0.6) is 5.75 Å². The van der Waals surface area contributed by atoms with Crippen molar-refractivity contribution in [2.24, 2.45) is 0 Å². The second kappa shape index (κ2) is 8.22. The van der Waals surface area contributed by atoms with Gasteiger partial charge in [-0.1, -0.05) is 31.2 Å². The standard InChI is InChI=1S/C19H24N2O2/c1-4-16-7-5-6-8-18(16)23-10-9-20-19(22)21-17-12-14(2)11-15(3)13-17/h5-8,11-13H,4,9-10H2,1-3H3,(H2,20,21,22). The largest absolute Gasteiger partial charge is 0.491 e. The number of hydrogen-bond acceptors (Lipinski definition) is 2. The summed E-state index contributed by atoms with van der Waals surface area (Å²) in [6.45, 7) is 7.01. The Morgan fingerprint density at radius 1 is 1.09 bits per heavy atom. The van der Waals surface area contributed by atoms with Gasteiger partial charge >= 0.3 is 6.03 Å². The van der Waals surface area contributed by atoms with Crippen LogP contribution in [-0.4, -0.2) is 19.2 Å². The number of nitrogens with one attached hydrogen (secondary N) is 2. The van der Waals surface area contributed by atoms with Gasteiger partial charge < -0.3 is 15.4 Å². The summed E-state index contributed by atoms with van der Waals surface area (Å²) in [6, 6.07) is 13.7. The van der Waals surface area contributed by atoms with Gasteiger partial charge in [-0.15, -0.1) is 0 Å². The van der Waals surface area contributed by atoms with E-state index in [2.05, 4.69) is 29.7 Å². The number of ether oxygens (including phenoxy) is 1. The van der Waals surface area contributed by atoms with Crippen molar-refractivity contribution in [1.29, 1.82) is 0 Å². The summed E-state index contributed by atoms with van der Waals surface area (Å²) in [4.78, 5) is 11.9. The van der Waals surface area contributed by atoms with Gasteiger partial charge in [-0.2, -0.15) is 0 Å². The first-order chi connectivity index (χ1) is 11.1. The van der Waals surface area contributed by atoms with E-state index >= 15 is 0 Å². The summed E-state index contributed by atoms with van der Waals surface area (Å²) in [5.74, 6) is 0.881. The van der Waals surface area contributed by atoms with Crippen molar-refractivity contribution in [1.82, 2.24) is 5.32 Å². The van der Waals surface area contributed by atoms with Gasteiger partial charge in [-0.3, -0.25) is 0 Å². The highest BCUT2D eigenvalue weighted by Gasteiger charge is 2.04. The van der Waals surface area contributed by atoms with Gasteiger partial charge in [0.05, 0.1) is 6.54 Å². The molecule has 0 aliphatic rings. The average Bonchev–Trinajstić information content (AvgIpc) is 2.51. The summed E-state index contributed by atoms with van der Waals surface area (Å²) in [5.41, 5.74) is 4.23. The van der Waals surface area contributed by atoms with Crippen molar-refractivity contribution in [3.63, 3.8) is 0 Å². The van der Waals surface area contributed by atoms with E-state index in [9.17, 15) is 4.79 Å². The van der Waals surface area contributed by atoms with Gasteiger partial charge in [0.1, 0.15) is 12.4 Å². The topological polar surface area (TPSA) is 50.4 Å². The second-order valence-electron chi connectivity index (χ2n) is 5.57. The van der Waals surface area contributed by atoms with Crippen LogP contribution in [0.4, 0.5) is 10.5 Å². The quantitative estimate of drug-likeness (QED) is 0.790. The second-order valence-corrected chi connectivity index (χ2v) is 5.57. The predicted octanol–water partition coefficient (Wildman–Crippen LogP) is 4.07. The number of amides is 2. The van der Waals surface area contributed by atoms with Crippen LogP contribution in [0.1, 0.15) is 23.6 Å². The molecule has 122 valence electrons. The summed E-state index contributed by atoms with van der Waals surface area (Å²) in [6.07, 6.45) is 0.927. The molecule has 0 unspecified atom stereocenters. The molecule has 0 aliphatic heterocycles. The molecule has 0 heterocycles. The third kappa shape index (κ3) is 5.33. The molecule has 0 bridgehead atoms. The molecule has 0 aliphatic carbocycles. The molecule has 2 N–H and O–H groups in total. The third-order valence-electron chi connectivity index (χ3n) is 3.48. The number of urea groups is 1. The van der Waals surface area contributed by atoms with Crippen molar-refractivity contribution < 1.29 is 9.53 Å². The number of benzene rings is 2.